The monoisotopic (exact) mass is 308 g/mol. The van der Waals surface area contributed by atoms with Crippen LogP contribution in [-0.2, 0) is 0 Å². The number of halogens is 2. The van der Waals surface area contributed by atoms with Gasteiger partial charge in [-0.05, 0) is 30.3 Å². The fourth-order valence-corrected chi connectivity index (χ4v) is 2.17. The van der Waals surface area contributed by atoms with E-state index in [4.69, 9.17) is 17.3 Å². The summed E-state index contributed by atoms with van der Waals surface area (Å²) in [6.07, 6.45) is 0. The number of amidine groups is 1. The van der Waals surface area contributed by atoms with Crippen molar-refractivity contribution in [3.05, 3.63) is 63.6 Å². The van der Waals surface area contributed by atoms with Gasteiger partial charge in [0, 0.05) is 10.0 Å². The van der Waals surface area contributed by atoms with Gasteiger partial charge < -0.3 is 5.73 Å². The van der Waals surface area contributed by atoms with Gasteiger partial charge in [0.1, 0.15) is 5.84 Å². The van der Waals surface area contributed by atoms with Crippen molar-refractivity contribution in [2.45, 2.75) is 0 Å². The Bertz CT molecular complexity index is 553. The maximum Gasteiger partial charge on any atom is 0.132 e. The van der Waals surface area contributed by atoms with Crippen molar-refractivity contribution in [2.24, 2.45) is 10.7 Å². The predicted octanol–water partition coefficient (Wildman–Crippen LogP) is 4.14. The van der Waals surface area contributed by atoms with E-state index in [1.54, 1.807) is 6.07 Å². The molecule has 0 saturated heterocycles. The van der Waals surface area contributed by atoms with Crippen LogP contribution in [0.4, 0.5) is 5.69 Å². The molecule has 2 N–H and O–H groups in total. The van der Waals surface area contributed by atoms with Crippen LogP contribution in [0.1, 0.15) is 5.56 Å². The Morgan fingerprint density at radius 1 is 1.12 bits per heavy atom. The minimum Gasteiger partial charge on any atom is -0.383 e. The van der Waals surface area contributed by atoms with E-state index in [2.05, 4.69) is 20.9 Å². The summed E-state index contributed by atoms with van der Waals surface area (Å²) < 4.78 is 0.916. The molecule has 0 radical (unpaired) electrons. The number of rotatable bonds is 2. The molecule has 0 amide bonds. The zero-order valence-electron chi connectivity index (χ0n) is 8.90. The average Bonchev–Trinajstić information content (AvgIpc) is 2.30. The van der Waals surface area contributed by atoms with Crippen LogP contribution in [-0.4, -0.2) is 5.84 Å². The standard InChI is InChI=1S/C13H10BrClN2/c14-9-6-7-11(12(15)8-9)13(16)17-10-4-2-1-3-5-10/h1-8H,(H2,16,17). The molecular formula is C13H10BrClN2. The highest BCUT2D eigenvalue weighted by Crippen LogP contribution is 2.22. The van der Waals surface area contributed by atoms with Gasteiger partial charge in [-0.3, -0.25) is 0 Å². The molecule has 0 spiro atoms. The third-order valence-electron chi connectivity index (χ3n) is 2.21. The lowest BCUT2D eigenvalue weighted by molar-refractivity contribution is 1.45. The van der Waals surface area contributed by atoms with E-state index in [0.29, 0.717) is 10.9 Å². The molecule has 4 heteroatoms. The molecule has 0 aliphatic rings. The summed E-state index contributed by atoms with van der Waals surface area (Å²) in [5.41, 5.74) is 7.47. The second kappa shape index (κ2) is 5.34. The van der Waals surface area contributed by atoms with E-state index < -0.39 is 0 Å². The van der Waals surface area contributed by atoms with E-state index in [9.17, 15) is 0 Å². The summed E-state index contributed by atoms with van der Waals surface area (Å²) in [6, 6.07) is 15.1. The van der Waals surface area contributed by atoms with E-state index in [-0.39, 0.29) is 0 Å². The van der Waals surface area contributed by atoms with Gasteiger partial charge in [0.25, 0.3) is 0 Å². The van der Waals surface area contributed by atoms with E-state index in [1.807, 2.05) is 42.5 Å². The van der Waals surface area contributed by atoms with Crippen LogP contribution in [0, 0.1) is 0 Å². The molecule has 17 heavy (non-hydrogen) atoms. The van der Waals surface area contributed by atoms with Gasteiger partial charge in [-0.2, -0.15) is 0 Å². The fourth-order valence-electron chi connectivity index (χ4n) is 1.40. The Labute approximate surface area is 113 Å². The van der Waals surface area contributed by atoms with Gasteiger partial charge in [-0.15, -0.1) is 0 Å². The third kappa shape index (κ3) is 3.08. The first-order chi connectivity index (χ1) is 8.16. The Kier molecular flexibility index (Phi) is 3.82. The number of nitrogens with zero attached hydrogens (tertiary/aromatic N) is 1. The summed E-state index contributed by atoms with van der Waals surface area (Å²) in [5.74, 6) is 0.411. The van der Waals surface area contributed by atoms with Gasteiger partial charge in [0.05, 0.1) is 10.7 Å². The molecule has 0 unspecified atom stereocenters. The van der Waals surface area contributed by atoms with Gasteiger partial charge >= 0.3 is 0 Å². The Hall–Kier alpha value is -1.32. The zero-order valence-corrected chi connectivity index (χ0v) is 11.2. The second-order valence-corrected chi connectivity index (χ2v) is 4.78. The molecule has 0 bridgehead atoms. The quantitative estimate of drug-likeness (QED) is 0.657. The average molecular weight is 310 g/mol. The molecule has 0 heterocycles. The van der Waals surface area contributed by atoms with Crippen LogP contribution < -0.4 is 5.73 Å². The van der Waals surface area contributed by atoms with Gasteiger partial charge in [-0.25, -0.2) is 4.99 Å². The first-order valence-electron chi connectivity index (χ1n) is 5.01. The van der Waals surface area contributed by atoms with Crippen molar-refractivity contribution in [2.75, 3.05) is 0 Å². The minimum atomic E-state index is 0.411. The molecule has 86 valence electrons. The van der Waals surface area contributed by atoms with Crippen molar-refractivity contribution in [3.63, 3.8) is 0 Å². The summed E-state index contributed by atoms with van der Waals surface area (Å²) in [6.45, 7) is 0. The third-order valence-corrected chi connectivity index (χ3v) is 3.02. The highest BCUT2D eigenvalue weighted by Gasteiger charge is 2.05. The van der Waals surface area contributed by atoms with Crippen LogP contribution in [0.5, 0.6) is 0 Å². The van der Waals surface area contributed by atoms with Crippen LogP contribution in [0.2, 0.25) is 5.02 Å². The number of hydrogen-bond acceptors (Lipinski definition) is 1. The molecule has 0 aliphatic heterocycles. The van der Waals surface area contributed by atoms with E-state index in [1.165, 1.54) is 0 Å². The maximum atomic E-state index is 6.10. The van der Waals surface area contributed by atoms with Crippen molar-refractivity contribution < 1.29 is 0 Å². The number of hydrogen-bond donors (Lipinski definition) is 1. The Balaban J connectivity index is 2.37. The highest BCUT2D eigenvalue weighted by molar-refractivity contribution is 9.10. The number of nitrogens with two attached hydrogens (primary N) is 1. The number of para-hydroxylation sites is 1. The molecule has 2 nitrogen and oxygen atoms in total. The molecular weight excluding hydrogens is 300 g/mol. The van der Waals surface area contributed by atoms with Crippen molar-refractivity contribution >= 4 is 39.1 Å². The second-order valence-electron chi connectivity index (χ2n) is 3.46. The van der Waals surface area contributed by atoms with Crippen LogP contribution in [0.3, 0.4) is 0 Å². The van der Waals surface area contributed by atoms with E-state index in [0.717, 1.165) is 15.7 Å². The van der Waals surface area contributed by atoms with Crippen molar-refractivity contribution in [3.8, 4) is 0 Å². The van der Waals surface area contributed by atoms with Gasteiger partial charge in [-0.1, -0.05) is 45.7 Å². The first-order valence-corrected chi connectivity index (χ1v) is 6.18. The SMILES string of the molecule is NC(=Nc1ccccc1)c1ccc(Br)cc1Cl. The molecule has 0 aromatic heterocycles. The maximum absolute atomic E-state index is 6.10. The highest BCUT2D eigenvalue weighted by atomic mass is 79.9. The normalized spacial score (nSPS) is 11.5. The van der Waals surface area contributed by atoms with Gasteiger partial charge in [0.2, 0.25) is 0 Å². The Morgan fingerprint density at radius 2 is 1.82 bits per heavy atom. The minimum absolute atomic E-state index is 0.411. The fraction of sp³-hybridized carbons (Fsp3) is 0. The van der Waals surface area contributed by atoms with Gasteiger partial charge in [0.15, 0.2) is 0 Å². The number of aliphatic imine (C=N–C) groups is 1. The molecule has 2 rings (SSSR count). The van der Waals surface area contributed by atoms with Crippen molar-refractivity contribution in [1.82, 2.24) is 0 Å². The molecule has 0 aliphatic carbocycles. The molecule has 2 aromatic carbocycles. The molecule has 0 atom stereocenters. The lowest BCUT2D eigenvalue weighted by atomic mass is 10.2. The van der Waals surface area contributed by atoms with Crippen LogP contribution in [0.25, 0.3) is 0 Å². The summed E-state index contributed by atoms with van der Waals surface area (Å²) in [5, 5.41) is 0.580. The lowest BCUT2D eigenvalue weighted by Gasteiger charge is -2.04. The lowest BCUT2D eigenvalue weighted by Crippen LogP contribution is -2.13. The topological polar surface area (TPSA) is 38.4 Å². The van der Waals surface area contributed by atoms with Crippen molar-refractivity contribution in [1.29, 1.82) is 0 Å². The number of benzene rings is 2. The van der Waals surface area contributed by atoms with Crippen LogP contribution in [0.15, 0.2) is 58.0 Å². The molecule has 2 aromatic rings. The first kappa shape index (κ1) is 12.1. The predicted molar refractivity (Wildman–Crippen MR) is 76.0 cm³/mol. The van der Waals surface area contributed by atoms with E-state index >= 15 is 0 Å². The zero-order chi connectivity index (χ0) is 12.3. The summed E-state index contributed by atoms with van der Waals surface area (Å²) in [7, 11) is 0. The molecule has 0 fully saturated rings. The largest absolute Gasteiger partial charge is 0.383 e. The van der Waals surface area contributed by atoms with Crippen LogP contribution >= 0.6 is 27.5 Å². The summed E-state index contributed by atoms with van der Waals surface area (Å²) in [4.78, 5) is 4.31. The summed E-state index contributed by atoms with van der Waals surface area (Å²) >= 11 is 9.45. The molecule has 0 saturated carbocycles. The Morgan fingerprint density at radius 3 is 2.47 bits per heavy atom. The smallest absolute Gasteiger partial charge is 0.132 e.